The molecule has 0 saturated heterocycles. The van der Waals surface area contributed by atoms with Crippen LogP contribution in [0.15, 0.2) is 35.6 Å². The van der Waals surface area contributed by atoms with Crippen LogP contribution in [0.2, 0.25) is 0 Å². The lowest BCUT2D eigenvalue weighted by molar-refractivity contribution is 0.202. The van der Waals surface area contributed by atoms with Gasteiger partial charge < -0.3 is 10.5 Å². The molecule has 1 saturated carbocycles. The van der Waals surface area contributed by atoms with E-state index >= 15 is 0 Å². The number of amidine groups is 1. The third-order valence-electron chi connectivity index (χ3n) is 7.16. The molecule has 0 spiro atoms. The third-order valence-corrected chi connectivity index (χ3v) is 9.87. The molecular weight excluding hydrogens is 486 g/mol. The summed E-state index contributed by atoms with van der Waals surface area (Å²) in [6, 6.07) is 3.94. The lowest BCUT2D eigenvalue weighted by atomic mass is 9.90. The fourth-order valence-electron chi connectivity index (χ4n) is 4.62. The summed E-state index contributed by atoms with van der Waals surface area (Å²) in [5, 5.41) is 0. The van der Waals surface area contributed by atoms with Gasteiger partial charge in [-0.3, -0.25) is 4.99 Å². The minimum Gasteiger partial charge on any atom is -0.476 e. The maximum Gasteiger partial charge on any atom is 0.232 e. The molecule has 10 heteroatoms. The molecule has 1 aliphatic heterocycles. The first-order chi connectivity index (χ1) is 16.9. The van der Waals surface area contributed by atoms with Gasteiger partial charge in [0.1, 0.15) is 27.6 Å². The van der Waals surface area contributed by atoms with Crippen LogP contribution in [0.25, 0.3) is 11.9 Å². The molecule has 2 heterocycles. The van der Waals surface area contributed by atoms with Crippen molar-refractivity contribution in [1.82, 2.24) is 9.97 Å². The zero-order valence-corrected chi connectivity index (χ0v) is 21.6. The molecule has 1 atom stereocenters. The molecule has 1 aromatic carbocycles. The number of halogens is 2. The Labute approximate surface area is 210 Å². The highest BCUT2D eigenvalue weighted by Crippen LogP contribution is 2.38. The topological polar surface area (TPSA) is 108 Å². The first kappa shape index (κ1) is 26.2. The Morgan fingerprint density at radius 3 is 2.53 bits per heavy atom. The number of rotatable bonds is 6. The molecule has 2 aromatic rings. The van der Waals surface area contributed by atoms with E-state index in [4.69, 9.17) is 10.5 Å². The van der Waals surface area contributed by atoms with Crippen LogP contribution in [-0.2, 0) is 15.4 Å². The Hall–Kier alpha value is -2.88. The van der Waals surface area contributed by atoms with E-state index in [2.05, 4.69) is 15.0 Å². The molecule has 2 N–H and O–H groups in total. The number of sulfone groups is 1. The van der Waals surface area contributed by atoms with Crippen molar-refractivity contribution in [2.75, 3.05) is 12.4 Å². The quantitative estimate of drug-likeness (QED) is 0.587. The summed E-state index contributed by atoms with van der Waals surface area (Å²) in [6.07, 6.45) is 9.84. The summed E-state index contributed by atoms with van der Waals surface area (Å²) in [7, 11) is -3.72. The van der Waals surface area contributed by atoms with Gasteiger partial charge in [-0.05, 0) is 63.3 Å². The highest BCUT2D eigenvalue weighted by atomic mass is 32.2. The van der Waals surface area contributed by atoms with Gasteiger partial charge >= 0.3 is 0 Å². The number of ether oxygens (including phenoxy) is 1. The lowest BCUT2D eigenvalue weighted by Crippen LogP contribution is -2.55. The van der Waals surface area contributed by atoms with Crippen molar-refractivity contribution < 1.29 is 21.9 Å². The predicted molar refractivity (Wildman–Crippen MR) is 136 cm³/mol. The van der Waals surface area contributed by atoms with Crippen LogP contribution in [0.1, 0.15) is 69.7 Å². The van der Waals surface area contributed by atoms with Crippen LogP contribution in [0, 0.1) is 11.7 Å². The molecule has 1 aromatic heterocycles. The Morgan fingerprint density at radius 2 is 1.89 bits per heavy atom. The van der Waals surface area contributed by atoms with Crippen LogP contribution in [0.3, 0.4) is 0 Å². The van der Waals surface area contributed by atoms with Gasteiger partial charge in [-0.2, -0.15) is 0 Å². The average molecular weight is 519 g/mol. The van der Waals surface area contributed by atoms with Crippen LogP contribution < -0.4 is 10.5 Å². The number of aromatic nitrogens is 2. The smallest absolute Gasteiger partial charge is 0.232 e. The van der Waals surface area contributed by atoms with Crippen molar-refractivity contribution in [3.05, 3.63) is 53.2 Å². The van der Waals surface area contributed by atoms with Crippen molar-refractivity contribution in [2.45, 2.75) is 63.2 Å². The van der Waals surface area contributed by atoms with Gasteiger partial charge in [0, 0.05) is 5.56 Å². The monoisotopic (exact) mass is 518 g/mol. The molecule has 2 aliphatic rings. The standard InChI is InChI=1S/C26H32F2N4O3S/c1-25(2)24(29)32-26(3,16-36(25,33)34)19-11-18(9-10-20(19)27)12-21(28)22-13-31-23(14-30-22)35-15-17-7-5-4-6-8-17/h9-14,17H,4-8,15-16H2,1-3H3,(H2,29,32). The van der Waals surface area contributed by atoms with E-state index in [9.17, 15) is 17.2 Å². The molecular formula is C26H32F2N4O3S. The highest BCUT2D eigenvalue weighted by molar-refractivity contribution is 7.93. The predicted octanol–water partition coefficient (Wildman–Crippen LogP) is 4.82. The molecule has 4 rings (SSSR count). The largest absolute Gasteiger partial charge is 0.476 e. The van der Waals surface area contributed by atoms with Gasteiger partial charge in [0.05, 0.1) is 24.8 Å². The maximum absolute atomic E-state index is 15.0. The van der Waals surface area contributed by atoms with Crippen molar-refractivity contribution in [3.63, 3.8) is 0 Å². The van der Waals surface area contributed by atoms with E-state index in [1.54, 1.807) is 0 Å². The van der Waals surface area contributed by atoms with Crippen LogP contribution in [0.4, 0.5) is 8.78 Å². The minimum atomic E-state index is -3.72. The Morgan fingerprint density at radius 1 is 1.17 bits per heavy atom. The van der Waals surface area contributed by atoms with Gasteiger partial charge in [-0.1, -0.05) is 25.3 Å². The molecule has 1 unspecified atom stereocenters. The second-order valence-electron chi connectivity index (χ2n) is 10.3. The van der Waals surface area contributed by atoms with E-state index in [0.717, 1.165) is 18.9 Å². The van der Waals surface area contributed by atoms with Crippen LogP contribution in [-0.4, -0.2) is 41.3 Å². The molecule has 7 nitrogen and oxygen atoms in total. The normalized spacial score (nSPS) is 24.2. The van der Waals surface area contributed by atoms with Gasteiger partial charge in [0.2, 0.25) is 5.88 Å². The summed E-state index contributed by atoms with van der Waals surface area (Å²) in [5.74, 6) is -0.995. The third kappa shape index (κ3) is 5.28. The molecule has 0 bridgehead atoms. The van der Waals surface area contributed by atoms with Gasteiger partial charge in [-0.25, -0.2) is 27.2 Å². The summed E-state index contributed by atoms with van der Waals surface area (Å²) in [5.41, 5.74) is 4.87. The molecule has 0 amide bonds. The van der Waals surface area contributed by atoms with Crippen LogP contribution in [0.5, 0.6) is 5.88 Å². The van der Waals surface area contributed by atoms with E-state index < -0.39 is 37.5 Å². The Bertz CT molecular complexity index is 1290. The van der Waals surface area contributed by atoms with Crippen molar-refractivity contribution in [1.29, 1.82) is 0 Å². The number of benzene rings is 1. The van der Waals surface area contributed by atoms with E-state index in [-0.39, 0.29) is 17.1 Å². The van der Waals surface area contributed by atoms with Crippen molar-refractivity contribution in [2.24, 2.45) is 16.6 Å². The number of aliphatic imine (C=N–C) groups is 1. The number of hydrogen-bond acceptors (Lipinski definition) is 7. The van der Waals surface area contributed by atoms with E-state index in [1.807, 2.05) is 0 Å². The first-order valence-corrected chi connectivity index (χ1v) is 13.8. The number of nitrogens with two attached hydrogens (primary N) is 1. The van der Waals surface area contributed by atoms with E-state index in [1.165, 1.54) is 70.6 Å². The van der Waals surface area contributed by atoms with Gasteiger partial charge in [-0.15, -0.1) is 0 Å². The fourth-order valence-corrected chi connectivity index (χ4v) is 6.30. The zero-order chi connectivity index (χ0) is 26.1. The highest BCUT2D eigenvalue weighted by Gasteiger charge is 2.49. The zero-order valence-electron chi connectivity index (χ0n) is 20.8. The van der Waals surface area contributed by atoms with E-state index in [0.29, 0.717) is 24.0 Å². The fraction of sp³-hybridized carbons (Fsp3) is 0.500. The number of nitrogens with zero attached hydrogens (tertiary/aromatic N) is 3. The van der Waals surface area contributed by atoms with Crippen molar-refractivity contribution in [3.8, 4) is 5.88 Å². The van der Waals surface area contributed by atoms with Crippen molar-refractivity contribution >= 4 is 27.6 Å². The number of hydrogen-bond donors (Lipinski definition) is 1. The molecule has 194 valence electrons. The second kappa shape index (κ2) is 9.88. The summed E-state index contributed by atoms with van der Waals surface area (Å²) < 4.78 is 59.9. The van der Waals surface area contributed by atoms with Gasteiger partial charge in [0.15, 0.2) is 15.7 Å². The SMILES string of the molecule is CC1(c2cc(C=C(F)c3cnc(OCC4CCCCC4)cn3)ccc2F)CS(=O)(=O)C(C)(C)C(N)=N1. The second-order valence-corrected chi connectivity index (χ2v) is 12.9. The van der Waals surface area contributed by atoms with Gasteiger partial charge in [0.25, 0.3) is 0 Å². The maximum atomic E-state index is 15.0. The summed E-state index contributed by atoms with van der Waals surface area (Å²) in [6.45, 7) is 5.02. The molecule has 36 heavy (non-hydrogen) atoms. The Balaban J connectivity index is 1.54. The molecule has 0 radical (unpaired) electrons. The Kier molecular flexibility index (Phi) is 7.19. The lowest BCUT2D eigenvalue weighted by Gasteiger charge is -2.38. The van der Waals surface area contributed by atoms with Crippen LogP contribution >= 0.6 is 0 Å². The summed E-state index contributed by atoms with van der Waals surface area (Å²) in [4.78, 5) is 12.6. The summed E-state index contributed by atoms with van der Waals surface area (Å²) >= 11 is 0. The average Bonchev–Trinajstić information content (AvgIpc) is 2.83. The first-order valence-electron chi connectivity index (χ1n) is 12.1. The molecule has 1 fully saturated rings. The molecule has 1 aliphatic carbocycles. The minimum absolute atomic E-state index is 0.00126.